The molecule has 4 rings (SSSR count). The van der Waals surface area contributed by atoms with Crippen LogP contribution in [0.2, 0.25) is 0 Å². The van der Waals surface area contributed by atoms with E-state index < -0.39 is 5.82 Å². The van der Waals surface area contributed by atoms with Crippen molar-refractivity contribution in [2.24, 2.45) is 12.5 Å². The molecule has 3 heterocycles. The summed E-state index contributed by atoms with van der Waals surface area (Å²) in [6.07, 6.45) is 9.23. The molecule has 2 fully saturated rings. The summed E-state index contributed by atoms with van der Waals surface area (Å²) in [5, 5.41) is 3.38. The van der Waals surface area contributed by atoms with Crippen LogP contribution in [-0.4, -0.2) is 44.5 Å². The van der Waals surface area contributed by atoms with Gasteiger partial charge in [-0.25, -0.2) is 9.37 Å². The summed E-state index contributed by atoms with van der Waals surface area (Å²) in [6, 6.07) is 1.60. The predicted octanol–water partition coefficient (Wildman–Crippen LogP) is 1.74. The minimum Gasteiger partial charge on any atom is -0.337 e. The molecule has 2 aliphatic rings. The lowest BCUT2D eigenvalue weighted by Crippen LogP contribution is -2.39. The summed E-state index contributed by atoms with van der Waals surface area (Å²) in [4.78, 5) is 23.0. The number of rotatable bonds is 4. The molecule has 1 aliphatic heterocycles. The first-order chi connectivity index (χ1) is 12.1. The second-order valence-electron chi connectivity index (χ2n) is 7.08. The molecule has 1 aliphatic carbocycles. The molecule has 2 aromatic rings. The molecule has 0 radical (unpaired) electrons. The number of amides is 1. The van der Waals surface area contributed by atoms with E-state index in [1.165, 1.54) is 12.3 Å². The number of piperidine rings is 1. The Morgan fingerprint density at radius 2 is 2.24 bits per heavy atom. The van der Waals surface area contributed by atoms with Crippen molar-refractivity contribution in [3.8, 4) is 0 Å². The molecule has 132 valence electrons. The smallest absolute Gasteiger partial charge is 0.257 e. The van der Waals surface area contributed by atoms with Gasteiger partial charge in [-0.1, -0.05) is 0 Å². The summed E-state index contributed by atoms with van der Waals surface area (Å²) < 4.78 is 16.0. The first-order valence-electron chi connectivity index (χ1n) is 8.68. The Balaban J connectivity index is 1.63. The molecule has 1 N–H and O–H groups in total. The van der Waals surface area contributed by atoms with Crippen LogP contribution in [0.5, 0.6) is 0 Å². The summed E-state index contributed by atoms with van der Waals surface area (Å²) in [7, 11) is 1.91. The van der Waals surface area contributed by atoms with Gasteiger partial charge >= 0.3 is 0 Å². The maximum absolute atomic E-state index is 14.1. The molecule has 6 nitrogen and oxygen atoms in total. The van der Waals surface area contributed by atoms with Crippen LogP contribution in [0.4, 0.5) is 4.39 Å². The second-order valence-corrected chi connectivity index (χ2v) is 7.08. The average molecular weight is 343 g/mol. The number of nitrogens with zero attached hydrogens (tertiary/aromatic N) is 4. The Morgan fingerprint density at radius 1 is 1.44 bits per heavy atom. The van der Waals surface area contributed by atoms with Gasteiger partial charge in [0.15, 0.2) is 5.82 Å². The molecule has 7 heteroatoms. The number of aryl methyl sites for hydroxylation is 1. The fourth-order valence-electron chi connectivity index (χ4n) is 3.96. The van der Waals surface area contributed by atoms with Gasteiger partial charge in [0.25, 0.3) is 5.91 Å². The van der Waals surface area contributed by atoms with Gasteiger partial charge in [0.05, 0.1) is 18.3 Å². The fourth-order valence-corrected chi connectivity index (χ4v) is 3.96. The largest absolute Gasteiger partial charge is 0.337 e. The van der Waals surface area contributed by atoms with Crippen molar-refractivity contribution in [3.05, 3.63) is 48.1 Å². The van der Waals surface area contributed by atoms with Crippen molar-refractivity contribution in [1.82, 2.24) is 24.8 Å². The SMILES string of the molecule is Cn1ccnc1CN(C(=O)c1ccncc1F)C1CC12CCNCC2. The van der Waals surface area contributed by atoms with Gasteiger partial charge in [-0.05, 0) is 43.8 Å². The Hall–Kier alpha value is -2.28. The third kappa shape index (κ3) is 2.93. The highest BCUT2D eigenvalue weighted by Gasteiger charge is 2.58. The molecule has 1 atom stereocenters. The van der Waals surface area contributed by atoms with Crippen LogP contribution >= 0.6 is 0 Å². The number of imidazole rings is 1. The third-order valence-electron chi connectivity index (χ3n) is 5.62. The molecule has 2 aromatic heterocycles. The molecule has 1 saturated carbocycles. The van der Waals surface area contributed by atoms with Crippen molar-refractivity contribution in [1.29, 1.82) is 0 Å². The van der Waals surface area contributed by atoms with E-state index in [0.717, 1.165) is 44.4 Å². The van der Waals surface area contributed by atoms with Crippen LogP contribution in [-0.2, 0) is 13.6 Å². The topological polar surface area (TPSA) is 63.1 Å². The molecule has 1 saturated heterocycles. The molecule has 1 amide bonds. The average Bonchev–Trinajstić information content (AvgIpc) is 3.13. The number of pyridine rings is 1. The van der Waals surface area contributed by atoms with E-state index in [9.17, 15) is 9.18 Å². The van der Waals surface area contributed by atoms with Crippen LogP contribution in [0.15, 0.2) is 30.9 Å². The number of carbonyl (C=O) groups excluding carboxylic acids is 1. The third-order valence-corrected chi connectivity index (χ3v) is 5.62. The zero-order chi connectivity index (χ0) is 17.4. The summed E-state index contributed by atoms with van der Waals surface area (Å²) in [5.41, 5.74) is 0.260. The van der Waals surface area contributed by atoms with Crippen LogP contribution < -0.4 is 5.32 Å². The first kappa shape index (κ1) is 16.2. The lowest BCUT2D eigenvalue weighted by Gasteiger charge is -2.29. The van der Waals surface area contributed by atoms with Gasteiger partial charge in [-0.3, -0.25) is 9.78 Å². The number of carbonyl (C=O) groups is 1. The summed E-state index contributed by atoms with van der Waals surface area (Å²) in [5.74, 6) is -0.0422. The molecule has 1 unspecified atom stereocenters. The van der Waals surface area contributed by atoms with Crippen molar-refractivity contribution in [2.75, 3.05) is 13.1 Å². The number of aromatic nitrogens is 3. The zero-order valence-electron chi connectivity index (χ0n) is 14.3. The Bertz CT molecular complexity index is 783. The Kier molecular flexibility index (Phi) is 4.03. The predicted molar refractivity (Wildman–Crippen MR) is 90.2 cm³/mol. The quantitative estimate of drug-likeness (QED) is 0.918. The van der Waals surface area contributed by atoms with E-state index in [4.69, 9.17) is 0 Å². The Morgan fingerprint density at radius 3 is 2.92 bits per heavy atom. The maximum atomic E-state index is 14.1. The van der Waals surface area contributed by atoms with Crippen LogP contribution in [0.1, 0.15) is 35.4 Å². The lowest BCUT2D eigenvalue weighted by molar-refractivity contribution is 0.0680. The Labute approximate surface area is 146 Å². The molecule has 1 spiro atoms. The van der Waals surface area contributed by atoms with Crippen LogP contribution in [0.3, 0.4) is 0 Å². The standard InChI is InChI=1S/C18H22FN5O/c1-23-9-8-22-16(23)12-24(15-10-18(15)3-6-20-7-4-18)17(25)13-2-5-21-11-14(13)19/h2,5,8-9,11,15,20H,3-4,6-7,10,12H2,1H3. The highest BCUT2D eigenvalue weighted by atomic mass is 19.1. The number of hydrogen-bond donors (Lipinski definition) is 1. The van der Waals surface area contributed by atoms with E-state index in [0.29, 0.717) is 6.54 Å². The fraction of sp³-hybridized carbons (Fsp3) is 0.500. The van der Waals surface area contributed by atoms with E-state index in [-0.39, 0.29) is 22.9 Å². The highest BCUT2D eigenvalue weighted by Crippen LogP contribution is 2.56. The normalized spacial score (nSPS) is 21.3. The summed E-state index contributed by atoms with van der Waals surface area (Å²) >= 11 is 0. The van der Waals surface area contributed by atoms with E-state index in [1.807, 2.05) is 22.7 Å². The van der Waals surface area contributed by atoms with E-state index in [1.54, 1.807) is 6.20 Å². The number of halogens is 1. The number of nitrogens with one attached hydrogen (secondary N) is 1. The maximum Gasteiger partial charge on any atom is 0.257 e. The van der Waals surface area contributed by atoms with Gasteiger partial charge in [0, 0.05) is 31.7 Å². The molecular formula is C18H22FN5O. The van der Waals surface area contributed by atoms with Crippen molar-refractivity contribution in [2.45, 2.75) is 31.8 Å². The van der Waals surface area contributed by atoms with E-state index >= 15 is 0 Å². The highest BCUT2D eigenvalue weighted by molar-refractivity contribution is 5.94. The lowest BCUT2D eigenvalue weighted by atomic mass is 9.93. The first-order valence-corrected chi connectivity index (χ1v) is 8.68. The van der Waals surface area contributed by atoms with Gasteiger partial charge in [-0.15, -0.1) is 0 Å². The minimum absolute atomic E-state index is 0.0835. The molecule has 0 bridgehead atoms. The molecular weight excluding hydrogens is 321 g/mol. The second kappa shape index (κ2) is 6.22. The van der Waals surface area contributed by atoms with E-state index in [2.05, 4.69) is 15.3 Å². The monoisotopic (exact) mass is 343 g/mol. The molecule has 0 aromatic carbocycles. The summed E-state index contributed by atoms with van der Waals surface area (Å²) in [6.45, 7) is 2.35. The van der Waals surface area contributed by atoms with Gasteiger partial charge < -0.3 is 14.8 Å². The van der Waals surface area contributed by atoms with Crippen molar-refractivity contribution >= 4 is 5.91 Å². The van der Waals surface area contributed by atoms with Gasteiger partial charge in [-0.2, -0.15) is 0 Å². The molecule has 25 heavy (non-hydrogen) atoms. The van der Waals surface area contributed by atoms with Crippen molar-refractivity contribution < 1.29 is 9.18 Å². The number of hydrogen-bond acceptors (Lipinski definition) is 4. The van der Waals surface area contributed by atoms with Gasteiger partial charge in [0.2, 0.25) is 0 Å². The minimum atomic E-state index is -0.572. The van der Waals surface area contributed by atoms with Crippen LogP contribution in [0.25, 0.3) is 0 Å². The van der Waals surface area contributed by atoms with Gasteiger partial charge in [0.1, 0.15) is 5.82 Å². The van der Waals surface area contributed by atoms with Crippen LogP contribution in [0, 0.1) is 11.2 Å². The zero-order valence-corrected chi connectivity index (χ0v) is 14.3. The van der Waals surface area contributed by atoms with Crippen molar-refractivity contribution in [3.63, 3.8) is 0 Å².